The van der Waals surface area contributed by atoms with Gasteiger partial charge in [-0.15, -0.1) is 0 Å². The smallest absolute Gasteiger partial charge is 0.335 e. The molecule has 1 aliphatic rings. The van der Waals surface area contributed by atoms with Gasteiger partial charge in [-0.25, -0.2) is 9.69 Å². The number of halogens is 2. The van der Waals surface area contributed by atoms with Crippen molar-refractivity contribution in [3.63, 3.8) is 0 Å². The summed E-state index contributed by atoms with van der Waals surface area (Å²) in [6.45, 7) is 0.258. The number of imide groups is 2. The molecule has 0 atom stereocenters. The molecule has 0 aromatic heterocycles. The van der Waals surface area contributed by atoms with Crippen molar-refractivity contribution in [2.75, 3.05) is 12.0 Å². The lowest BCUT2D eigenvalue weighted by atomic mass is 10.1. The molecule has 0 spiro atoms. The molecule has 3 aromatic carbocycles. The van der Waals surface area contributed by atoms with Crippen LogP contribution in [0.25, 0.3) is 6.08 Å². The third-order valence-electron chi connectivity index (χ3n) is 5.04. The number of ether oxygens (including phenoxy) is 2. The highest BCUT2D eigenvalue weighted by Gasteiger charge is 2.36. The second-order valence-electron chi connectivity index (χ2n) is 7.23. The molecule has 34 heavy (non-hydrogen) atoms. The Morgan fingerprint density at radius 2 is 1.68 bits per heavy atom. The second-order valence-corrected chi connectivity index (χ2v) is 8.04. The fraction of sp³-hybridized carbons (Fsp3) is 0.0800. The molecule has 1 aliphatic heterocycles. The van der Waals surface area contributed by atoms with Crippen LogP contribution in [-0.2, 0) is 16.2 Å². The van der Waals surface area contributed by atoms with Gasteiger partial charge in [0, 0.05) is 10.6 Å². The third-order valence-corrected chi connectivity index (χ3v) is 5.70. The van der Waals surface area contributed by atoms with E-state index in [0.29, 0.717) is 27.1 Å². The first-order valence-electron chi connectivity index (χ1n) is 10.1. The Kier molecular flexibility index (Phi) is 6.86. The molecule has 1 N–H and O–H groups in total. The summed E-state index contributed by atoms with van der Waals surface area (Å²) in [7, 11) is 1.48. The highest BCUT2D eigenvalue weighted by molar-refractivity contribution is 6.39. The van der Waals surface area contributed by atoms with Crippen LogP contribution in [0, 0.1) is 0 Å². The molecule has 0 bridgehead atoms. The van der Waals surface area contributed by atoms with E-state index in [9.17, 15) is 14.4 Å². The van der Waals surface area contributed by atoms with Gasteiger partial charge in [-0.05, 0) is 54.1 Å². The Balaban J connectivity index is 1.54. The van der Waals surface area contributed by atoms with Crippen LogP contribution in [-0.4, -0.2) is 25.0 Å². The van der Waals surface area contributed by atoms with E-state index < -0.39 is 17.8 Å². The molecule has 0 aliphatic carbocycles. The van der Waals surface area contributed by atoms with E-state index in [-0.39, 0.29) is 17.9 Å². The van der Waals surface area contributed by atoms with Crippen molar-refractivity contribution >= 4 is 52.8 Å². The fourth-order valence-electron chi connectivity index (χ4n) is 3.30. The summed E-state index contributed by atoms with van der Waals surface area (Å²) >= 11 is 12.3. The van der Waals surface area contributed by atoms with Gasteiger partial charge in [-0.1, -0.05) is 47.5 Å². The van der Waals surface area contributed by atoms with Crippen molar-refractivity contribution in [3.05, 3.63) is 93.5 Å². The zero-order valence-corrected chi connectivity index (χ0v) is 19.4. The van der Waals surface area contributed by atoms with Gasteiger partial charge in [0.15, 0.2) is 0 Å². The maximum absolute atomic E-state index is 13.1. The van der Waals surface area contributed by atoms with Gasteiger partial charge in [-0.3, -0.25) is 14.9 Å². The molecule has 0 saturated carbocycles. The first kappa shape index (κ1) is 23.4. The second kappa shape index (κ2) is 9.99. The topological polar surface area (TPSA) is 84.9 Å². The molecule has 0 radical (unpaired) electrons. The Bertz CT molecular complexity index is 1300. The van der Waals surface area contributed by atoms with Crippen LogP contribution in [0.4, 0.5) is 10.5 Å². The minimum Gasteiger partial charge on any atom is -0.495 e. The number of amides is 4. The maximum Gasteiger partial charge on any atom is 0.335 e. The van der Waals surface area contributed by atoms with Gasteiger partial charge < -0.3 is 9.47 Å². The number of carbonyl (C=O) groups excluding carboxylic acids is 3. The number of urea groups is 1. The van der Waals surface area contributed by atoms with E-state index in [1.54, 1.807) is 48.5 Å². The highest BCUT2D eigenvalue weighted by Crippen LogP contribution is 2.28. The monoisotopic (exact) mass is 496 g/mol. The van der Waals surface area contributed by atoms with Gasteiger partial charge in [0.2, 0.25) is 0 Å². The number of methoxy groups -OCH3 is 1. The molecule has 1 fully saturated rings. The minimum atomic E-state index is -0.843. The number of carbonyl (C=O) groups is 3. The SMILES string of the molecule is COc1ccc(/C=C2\C(=O)NC(=O)N(c3ccc(OCc4ccccc4Cl)cc3)C2=O)cc1Cl. The number of hydrogen-bond acceptors (Lipinski definition) is 5. The van der Waals surface area contributed by atoms with Gasteiger partial charge in [-0.2, -0.15) is 0 Å². The van der Waals surface area contributed by atoms with Gasteiger partial charge in [0.05, 0.1) is 17.8 Å². The zero-order chi connectivity index (χ0) is 24.2. The van der Waals surface area contributed by atoms with Crippen LogP contribution in [0.5, 0.6) is 11.5 Å². The molecule has 1 saturated heterocycles. The number of hydrogen-bond donors (Lipinski definition) is 1. The molecular formula is C25H18Cl2N2O5. The normalized spacial score (nSPS) is 14.9. The lowest BCUT2D eigenvalue weighted by Gasteiger charge is -2.26. The van der Waals surface area contributed by atoms with Crippen molar-refractivity contribution in [3.8, 4) is 11.5 Å². The summed E-state index contributed by atoms with van der Waals surface area (Å²) in [4.78, 5) is 38.8. The first-order chi connectivity index (χ1) is 16.4. The Morgan fingerprint density at radius 1 is 0.941 bits per heavy atom. The molecule has 4 rings (SSSR count). The van der Waals surface area contributed by atoms with Crippen molar-refractivity contribution < 1.29 is 23.9 Å². The number of rotatable bonds is 6. The van der Waals surface area contributed by atoms with Crippen molar-refractivity contribution in [1.29, 1.82) is 0 Å². The van der Waals surface area contributed by atoms with E-state index in [1.165, 1.54) is 13.2 Å². The van der Waals surface area contributed by atoms with Crippen molar-refractivity contribution in [1.82, 2.24) is 5.32 Å². The molecule has 4 amide bonds. The number of nitrogens with one attached hydrogen (secondary N) is 1. The van der Waals surface area contributed by atoms with Gasteiger partial charge >= 0.3 is 6.03 Å². The lowest BCUT2D eigenvalue weighted by molar-refractivity contribution is -0.122. The van der Waals surface area contributed by atoms with Gasteiger partial charge in [0.25, 0.3) is 11.8 Å². The van der Waals surface area contributed by atoms with E-state index in [0.717, 1.165) is 10.5 Å². The summed E-state index contributed by atoms with van der Waals surface area (Å²) in [5.41, 5.74) is 1.39. The molecule has 0 unspecified atom stereocenters. The zero-order valence-electron chi connectivity index (χ0n) is 17.9. The molecule has 172 valence electrons. The molecule has 9 heteroatoms. The standard InChI is InChI=1S/C25H18Cl2N2O5/c1-33-22-11-6-15(13-21(22)27)12-19-23(30)28-25(32)29(24(19)31)17-7-9-18(10-8-17)34-14-16-4-2-3-5-20(16)26/h2-13H,14H2,1H3,(H,28,30,32)/b19-12+. The highest BCUT2D eigenvalue weighted by atomic mass is 35.5. The number of barbiturate groups is 1. The van der Waals surface area contributed by atoms with Crippen LogP contribution in [0.15, 0.2) is 72.3 Å². The molecule has 1 heterocycles. The summed E-state index contributed by atoms with van der Waals surface area (Å²) < 4.78 is 10.8. The number of benzene rings is 3. The maximum atomic E-state index is 13.1. The summed E-state index contributed by atoms with van der Waals surface area (Å²) in [5.74, 6) is -0.576. The Morgan fingerprint density at radius 3 is 2.35 bits per heavy atom. The van der Waals surface area contributed by atoms with E-state index in [2.05, 4.69) is 5.32 Å². The Labute approximate surface area is 205 Å². The number of nitrogens with zero attached hydrogens (tertiary/aromatic N) is 1. The van der Waals surface area contributed by atoms with E-state index in [4.69, 9.17) is 32.7 Å². The fourth-order valence-corrected chi connectivity index (χ4v) is 3.76. The van der Waals surface area contributed by atoms with Crippen molar-refractivity contribution in [2.45, 2.75) is 6.61 Å². The van der Waals surface area contributed by atoms with Crippen molar-refractivity contribution in [2.24, 2.45) is 0 Å². The molecular weight excluding hydrogens is 479 g/mol. The van der Waals surface area contributed by atoms with Crippen LogP contribution in [0.2, 0.25) is 10.0 Å². The predicted molar refractivity (Wildman–Crippen MR) is 129 cm³/mol. The van der Waals surface area contributed by atoms with E-state index >= 15 is 0 Å². The summed E-state index contributed by atoms with van der Waals surface area (Å²) in [6.07, 6.45) is 1.36. The van der Waals surface area contributed by atoms with E-state index in [1.807, 2.05) is 18.2 Å². The van der Waals surface area contributed by atoms with Crippen LogP contribution < -0.4 is 19.7 Å². The summed E-state index contributed by atoms with van der Waals surface area (Å²) in [5, 5.41) is 3.10. The molecule has 7 nitrogen and oxygen atoms in total. The van der Waals surface area contributed by atoms with Crippen LogP contribution in [0.3, 0.4) is 0 Å². The largest absolute Gasteiger partial charge is 0.495 e. The first-order valence-corrected chi connectivity index (χ1v) is 10.8. The Hall–Kier alpha value is -3.81. The average Bonchev–Trinajstić information content (AvgIpc) is 2.82. The van der Waals surface area contributed by atoms with Crippen LogP contribution >= 0.6 is 23.2 Å². The number of anilines is 1. The molecule has 3 aromatic rings. The predicted octanol–water partition coefficient (Wildman–Crippen LogP) is 5.25. The lowest BCUT2D eigenvalue weighted by Crippen LogP contribution is -2.54. The quantitative estimate of drug-likeness (QED) is 0.372. The average molecular weight is 497 g/mol. The van der Waals surface area contributed by atoms with Crippen LogP contribution in [0.1, 0.15) is 11.1 Å². The van der Waals surface area contributed by atoms with Gasteiger partial charge in [0.1, 0.15) is 23.7 Å². The third kappa shape index (κ3) is 4.90. The minimum absolute atomic E-state index is 0.208. The summed E-state index contributed by atoms with van der Waals surface area (Å²) in [6, 6.07) is 17.6.